The van der Waals surface area contributed by atoms with E-state index in [1.165, 1.54) is 0 Å². The van der Waals surface area contributed by atoms with Crippen LogP contribution in [0, 0.1) is 0 Å². The van der Waals surface area contributed by atoms with Crippen LogP contribution in [-0.2, 0) is 0 Å². The second kappa shape index (κ2) is 4.68. The van der Waals surface area contributed by atoms with Gasteiger partial charge in [-0.2, -0.15) is 0 Å². The van der Waals surface area contributed by atoms with Crippen LogP contribution in [0.15, 0.2) is 30.5 Å². The SMILES string of the molecule is CCNC(C)C(O)c1c[nH]c2ccccc12. The van der Waals surface area contributed by atoms with Gasteiger partial charge in [-0.05, 0) is 19.5 Å². The first-order valence-electron chi connectivity index (χ1n) is 5.71. The lowest BCUT2D eigenvalue weighted by Crippen LogP contribution is -2.31. The number of para-hydroxylation sites is 1. The molecule has 3 N–H and O–H groups in total. The van der Waals surface area contributed by atoms with Crippen LogP contribution in [0.3, 0.4) is 0 Å². The summed E-state index contributed by atoms with van der Waals surface area (Å²) < 4.78 is 0. The van der Waals surface area contributed by atoms with Gasteiger partial charge in [0.2, 0.25) is 0 Å². The summed E-state index contributed by atoms with van der Waals surface area (Å²) in [5.41, 5.74) is 2.03. The molecule has 2 atom stereocenters. The second-order valence-electron chi connectivity index (χ2n) is 4.08. The van der Waals surface area contributed by atoms with E-state index in [1.807, 2.05) is 44.3 Å². The fourth-order valence-electron chi connectivity index (χ4n) is 2.04. The van der Waals surface area contributed by atoms with Crippen LogP contribution in [0.1, 0.15) is 25.5 Å². The Morgan fingerprint density at radius 3 is 2.88 bits per heavy atom. The Morgan fingerprint density at radius 2 is 2.12 bits per heavy atom. The van der Waals surface area contributed by atoms with Crippen molar-refractivity contribution in [1.29, 1.82) is 0 Å². The predicted octanol–water partition coefficient (Wildman–Crippen LogP) is 2.20. The molecular formula is C13H18N2O. The van der Waals surface area contributed by atoms with E-state index in [0.717, 1.165) is 23.0 Å². The molecular weight excluding hydrogens is 200 g/mol. The summed E-state index contributed by atoms with van der Waals surface area (Å²) in [6.45, 7) is 4.90. The normalized spacial score (nSPS) is 15.2. The number of likely N-dealkylation sites (N-methyl/N-ethyl adjacent to an activating group) is 1. The molecule has 1 aromatic carbocycles. The van der Waals surface area contributed by atoms with Gasteiger partial charge in [0.1, 0.15) is 0 Å². The van der Waals surface area contributed by atoms with Crippen LogP contribution in [0.4, 0.5) is 0 Å². The summed E-state index contributed by atoms with van der Waals surface area (Å²) in [5, 5.41) is 14.6. The van der Waals surface area contributed by atoms with Crippen LogP contribution >= 0.6 is 0 Å². The largest absolute Gasteiger partial charge is 0.387 e. The molecule has 0 spiro atoms. The van der Waals surface area contributed by atoms with E-state index in [1.54, 1.807) is 0 Å². The average molecular weight is 218 g/mol. The lowest BCUT2D eigenvalue weighted by molar-refractivity contribution is 0.138. The number of aliphatic hydroxyl groups excluding tert-OH is 1. The minimum absolute atomic E-state index is 0.0595. The first-order valence-corrected chi connectivity index (χ1v) is 5.71. The Balaban J connectivity index is 2.32. The number of aromatic amines is 1. The molecule has 0 saturated carbocycles. The predicted molar refractivity (Wildman–Crippen MR) is 66.4 cm³/mol. The number of aromatic nitrogens is 1. The highest BCUT2D eigenvalue weighted by Crippen LogP contribution is 2.25. The molecule has 0 aliphatic heterocycles. The Kier molecular flexibility index (Phi) is 3.27. The summed E-state index contributed by atoms with van der Waals surface area (Å²) >= 11 is 0. The van der Waals surface area contributed by atoms with Crippen molar-refractivity contribution in [3.63, 3.8) is 0 Å². The number of hydrogen-bond acceptors (Lipinski definition) is 2. The molecule has 0 fully saturated rings. The minimum Gasteiger partial charge on any atom is -0.387 e. The van der Waals surface area contributed by atoms with Gasteiger partial charge in [0.05, 0.1) is 6.10 Å². The molecule has 16 heavy (non-hydrogen) atoms. The molecule has 0 bridgehead atoms. The van der Waals surface area contributed by atoms with Crippen LogP contribution in [0.2, 0.25) is 0 Å². The van der Waals surface area contributed by atoms with E-state index in [0.29, 0.717) is 0 Å². The first kappa shape index (κ1) is 11.2. The number of rotatable bonds is 4. The molecule has 2 aromatic rings. The minimum atomic E-state index is -0.476. The fourth-order valence-corrected chi connectivity index (χ4v) is 2.04. The molecule has 2 rings (SSSR count). The zero-order valence-corrected chi connectivity index (χ0v) is 9.70. The molecule has 1 heterocycles. The molecule has 0 saturated heterocycles. The van der Waals surface area contributed by atoms with Crippen molar-refractivity contribution in [2.24, 2.45) is 0 Å². The third kappa shape index (κ3) is 1.96. The summed E-state index contributed by atoms with van der Waals surface area (Å²) in [6.07, 6.45) is 1.42. The van der Waals surface area contributed by atoms with Crippen LogP contribution in [0.5, 0.6) is 0 Å². The molecule has 0 amide bonds. The highest BCUT2D eigenvalue weighted by Gasteiger charge is 2.18. The number of hydrogen-bond donors (Lipinski definition) is 3. The maximum absolute atomic E-state index is 10.2. The van der Waals surface area contributed by atoms with Crippen molar-refractivity contribution in [3.05, 3.63) is 36.0 Å². The number of benzene rings is 1. The number of fused-ring (bicyclic) bond motifs is 1. The molecule has 0 aliphatic rings. The van der Waals surface area contributed by atoms with E-state index >= 15 is 0 Å². The zero-order chi connectivity index (χ0) is 11.5. The maximum atomic E-state index is 10.2. The monoisotopic (exact) mass is 218 g/mol. The number of aliphatic hydroxyl groups is 1. The van der Waals surface area contributed by atoms with Crippen LogP contribution in [-0.4, -0.2) is 22.7 Å². The van der Waals surface area contributed by atoms with Gasteiger partial charge >= 0.3 is 0 Å². The lowest BCUT2D eigenvalue weighted by atomic mass is 10.0. The number of H-pyrrole nitrogens is 1. The van der Waals surface area contributed by atoms with Gasteiger partial charge in [0.15, 0.2) is 0 Å². The standard InChI is InChI=1S/C13H18N2O/c1-3-14-9(2)13(16)11-8-15-12-7-5-4-6-10(11)12/h4-9,13-16H,3H2,1-2H3. The molecule has 0 aliphatic carbocycles. The topological polar surface area (TPSA) is 48.0 Å². The smallest absolute Gasteiger partial charge is 0.0960 e. The summed E-state index contributed by atoms with van der Waals surface area (Å²) in [5.74, 6) is 0. The Hall–Kier alpha value is -1.32. The van der Waals surface area contributed by atoms with Crippen molar-refractivity contribution in [2.45, 2.75) is 26.0 Å². The molecule has 86 valence electrons. The molecule has 2 unspecified atom stereocenters. The summed E-state index contributed by atoms with van der Waals surface area (Å²) in [7, 11) is 0. The highest BCUT2D eigenvalue weighted by atomic mass is 16.3. The van der Waals surface area contributed by atoms with Gasteiger partial charge in [-0.1, -0.05) is 25.1 Å². The van der Waals surface area contributed by atoms with E-state index in [9.17, 15) is 5.11 Å². The molecule has 3 heteroatoms. The zero-order valence-electron chi connectivity index (χ0n) is 9.70. The van der Waals surface area contributed by atoms with Gasteiger partial charge in [-0.25, -0.2) is 0 Å². The second-order valence-corrected chi connectivity index (χ2v) is 4.08. The van der Waals surface area contributed by atoms with Crippen molar-refractivity contribution in [3.8, 4) is 0 Å². The van der Waals surface area contributed by atoms with E-state index in [2.05, 4.69) is 10.3 Å². The van der Waals surface area contributed by atoms with E-state index in [-0.39, 0.29) is 6.04 Å². The average Bonchev–Trinajstić information content (AvgIpc) is 2.72. The Morgan fingerprint density at radius 1 is 1.38 bits per heavy atom. The first-order chi connectivity index (χ1) is 7.74. The van der Waals surface area contributed by atoms with E-state index < -0.39 is 6.10 Å². The van der Waals surface area contributed by atoms with Gasteiger partial charge < -0.3 is 15.4 Å². The quantitative estimate of drug-likeness (QED) is 0.736. The van der Waals surface area contributed by atoms with Crippen LogP contribution < -0.4 is 5.32 Å². The highest BCUT2D eigenvalue weighted by molar-refractivity contribution is 5.83. The molecule has 1 aromatic heterocycles. The maximum Gasteiger partial charge on any atom is 0.0960 e. The van der Waals surface area contributed by atoms with Gasteiger partial charge in [-0.3, -0.25) is 0 Å². The van der Waals surface area contributed by atoms with Gasteiger partial charge in [0.25, 0.3) is 0 Å². The van der Waals surface area contributed by atoms with E-state index in [4.69, 9.17) is 0 Å². The Labute approximate surface area is 95.5 Å². The van der Waals surface area contributed by atoms with Crippen molar-refractivity contribution in [2.75, 3.05) is 6.54 Å². The lowest BCUT2D eigenvalue weighted by Gasteiger charge is -2.19. The Bertz CT molecular complexity index is 464. The fraction of sp³-hybridized carbons (Fsp3) is 0.385. The molecule has 3 nitrogen and oxygen atoms in total. The molecule has 0 radical (unpaired) electrons. The van der Waals surface area contributed by atoms with Crippen LogP contribution in [0.25, 0.3) is 10.9 Å². The third-order valence-electron chi connectivity index (χ3n) is 2.94. The number of nitrogens with one attached hydrogen (secondary N) is 2. The van der Waals surface area contributed by atoms with Crippen molar-refractivity contribution in [1.82, 2.24) is 10.3 Å². The van der Waals surface area contributed by atoms with Crippen molar-refractivity contribution >= 4 is 10.9 Å². The summed E-state index contributed by atoms with van der Waals surface area (Å²) in [4.78, 5) is 3.18. The summed E-state index contributed by atoms with van der Waals surface area (Å²) in [6, 6.07) is 8.09. The third-order valence-corrected chi connectivity index (χ3v) is 2.94. The van der Waals surface area contributed by atoms with Gasteiger partial charge in [-0.15, -0.1) is 0 Å². The van der Waals surface area contributed by atoms with Gasteiger partial charge in [0, 0.05) is 28.7 Å². The van der Waals surface area contributed by atoms with Crippen molar-refractivity contribution < 1.29 is 5.11 Å².